The lowest BCUT2D eigenvalue weighted by atomic mass is 10.1. The van der Waals surface area contributed by atoms with Crippen LogP contribution < -0.4 is 9.47 Å². The average molecular weight is 262 g/mol. The number of imidazole rings is 1. The minimum atomic E-state index is -0.530. The number of nitrogens with zero attached hydrogens (tertiary/aromatic N) is 2. The fourth-order valence-electron chi connectivity index (χ4n) is 1.74. The van der Waals surface area contributed by atoms with Gasteiger partial charge in [-0.3, -0.25) is 0 Å². The van der Waals surface area contributed by atoms with E-state index in [9.17, 15) is 5.11 Å². The highest BCUT2D eigenvalue weighted by Crippen LogP contribution is 2.30. The topological polar surface area (TPSA) is 56.5 Å². The van der Waals surface area contributed by atoms with E-state index in [2.05, 4.69) is 4.98 Å². The summed E-state index contributed by atoms with van der Waals surface area (Å²) < 4.78 is 12.9. The van der Waals surface area contributed by atoms with Crippen LogP contribution in [0.1, 0.15) is 24.4 Å². The molecule has 0 bridgehead atoms. The van der Waals surface area contributed by atoms with E-state index < -0.39 is 6.10 Å². The molecule has 1 heterocycles. The third kappa shape index (κ3) is 3.06. The second kappa shape index (κ2) is 5.75. The molecule has 102 valence electrons. The van der Waals surface area contributed by atoms with Gasteiger partial charge >= 0.3 is 0 Å². The number of hydrogen-bond donors (Lipinski definition) is 1. The number of aliphatic hydroxyl groups is 1. The van der Waals surface area contributed by atoms with Crippen molar-refractivity contribution in [1.29, 1.82) is 0 Å². The van der Waals surface area contributed by atoms with Crippen LogP contribution in [0.25, 0.3) is 0 Å². The third-order valence-corrected chi connectivity index (χ3v) is 2.95. The Kier molecular flexibility index (Phi) is 4.06. The minimum absolute atomic E-state index is 0.369. The summed E-state index contributed by atoms with van der Waals surface area (Å²) in [5, 5.41) is 9.54. The Morgan fingerprint density at radius 2 is 2.16 bits per heavy atom. The van der Waals surface area contributed by atoms with E-state index in [0.29, 0.717) is 18.1 Å². The molecule has 1 N–H and O–H groups in total. The number of rotatable bonds is 5. The van der Waals surface area contributed by atoms with Crippen LogP contribution in [0.4, 0.5) is 0 Å². The first-order chi connectivity index (χ1) is 9.11. The van der Waals surface area contributed by atoms with E-state index in [4.69, 9.17) is 9.47 Å². The summed E-state index contributed by atoms with van der Waals surface area (Å²) in [6.45, 7) is 2.08. The van der Waals surface area contributed by atoms with Gasteiger partial charge in [-0.1, -0.05) is 6.07 Å². The van der Waals surface area contributed by atoms with Crippen LogP contribution in [-0.4, -0.2) is 21.8 Å². The Bertz CT molecular complexity index is 549. The van der Waals surface area contributed by atoms with Crippen LogP contribution in [0.2, 0.25) is 0 Å². The highest BCUT2D eigenvalue weighted by molar-refractivity contribution is 5.43. The molecule has 0 spiro atoms. The fraction of sp³-hybridized carbons (Fsp3) is 0.357. The molecule has 0 fully saturated rings. The SMILES string of the molecule is COc1cc([C@@H](C)O)ccc1OCc1nccn1C. The maximum atomic E-state index is 9.54. The zero-order valence-electron chi connectivity index (χ0n) is 11.3. The lowest BCUT2D eigenvalue weighted by Crippen LogP contribution is -2.04. The Balaban J connectivity index is 2.14. The molecule has 0 amide bonds. The molecule has 1 aromatic heterocycles. The molecule has 5 heteroatoms. The van der Waals surface area contributed by atoms with Crippen LogP contribution in [0, 0.1) is 0 Å². The van der Waals surface area contributed by atoms with Crippen molar-refractivity contribution in [3.8, 4) is 11.5 Å². The van der Waals surface area contributed by atoms with Gasteiger partial charge in [0.2, 0.25) is 0 Å². The molecule has 1 aromatic carbocycles. The summed E-state index contributed by atoms with van der Waals surface area (Å²) in [7, 11) is 3.49. The number of aryl methyl sites for hydroxylation is 1. The second-order valence-electron chi connectivity index (χ2n) is 4.33. The molecule has 0 unspecified atom stereocenters. The number of ether oxygens (including phenoxy) is 2. The number of aromatic nitrogens is 2. The predicted molar refractivity (Wildman–Crippen MR) is 71.2 cm³/mol. The molecule has 1 atom stereocenters. The van der Waals surface area contributed by atoms with Crippen molar-refractivity contribution in [3.05, 3.63) is 42.0 Å². The van der Waals surface area contributed by atoms with E-state index in [1.54, 1.807) is 32.4 Å². The first-order valence-electron chi connectivity index (χ1n) is 6.07. The largest absolute Gasteiger partial charge is 0.493 e. The quantitative estimate of drug-likeness (QED) is 0.896. The van der Waals surface area contributed by atoms with Gasteiger partial charge in [0.05, 0.1) is 13.2 Å². The van der Waals surface area contributed by atoms with Gasteiger partial charge in [0.15, 0.2) is 11.5 Å². The summed E-state index contributed by atoms with van der Waals surface area (Å²) in [4.78, 5) is 4.19. The molecule has 0 aliphatic heterocycles. The Labute approximate surface area is 112 Å². The van der Waals surface area contributed by atoms with Gasteiger partial charge in [0, 0.05) is 19.4 Å². The van der Waals surface area contributed by atoms with Crippen molar-refractivity contribution >= 4 is 0 Å². The summed E-state index contributed by atoms with van der Waals surface area (Å²) in [6.07, 6.45) is 3.07. The molecular weight excluding hydrogens is 244 g/mol. The number of methoxy groups -OCH3 is 1. The molecule has 0 aliphatic rings. The molecule has 0 aliphatic carbocycles. The van der Waals surface area contributed by atoms with Crippen molar-refractivity contribution in [2.24, 2.45) is 7.05 Å². The number of aliphatic hydroxyl groups excluding tert-OH is 1. The van der Waals surface area contributed by atoms with Crippen molar-refractivity contribution in [2.75, 3.05) is 7.11 Å². The van der Waals surface area contributed by atoms with E-state index in [-0.39, 0.29) is 0 Å². The van der Waals surface area contributed by atoms with E-state index in [1.807, 2.05) is 23.9 Å². The molecule has 5 nitrogen and oxygen atoms in total. The smallest absolute Gasteiger partial charge is 0.161 e. The zero-order chi connectivity index (χ0) is 13.8. The summed E-state index contributed by atoms with van der Waals surface area (Å²) in [5.74, 6) is 2.07. The van der Waals surface area contributed by atoms with Crippen LogP contribution in [-0.2, 0) is 13.7 Å². The lowest BCUT2D eigenvalue weighted by molar-refractivity contribution is 0.198. The summed E-state index contributed by atoms with van der Waals surface area (Å²) in [5.41, 5.74) is 0.793. The zero-order valence-corrected chi connectivity index (χ0v) is 11.3. The predicted octanol–water partition coefficient (Wildman–Crippen LogP) is 2.06. The number of hydrogen-bond acceptors (Lipinski definition) is 4. The van der Waals surface area contributed by atoms with E-state index in [1.165, 1.54) is 0 Å². The normalized spacial score (nSPS) is 12.2. The van der Waals surface area contributed by atoms with Crippen LogP contribution >= 0.6 is 0 Å². The Morgan fingerprint density at radius 1 is 1.37 bits per heavy atom. The average Bonchev–Trinajstić information content (AvgIpc) is 2.81. The molecule has 0 saturated heterocycles. The highest BCUT2D eigenvalue weighted by atomic mass is 16.5. The maximum Gasteiger partial charge on any atom is 0.161 e. The minimum Gasteiger partial charge on any atom is -0.493 e. The first-order valence-corrected chi connectivity index (χ1v) is 6.07. The molecule has 2 rings (SSSR count). The summed E-state index contributed by atoms with van der Waals surface area (Å²) >= 11 is 0. The van der Waals surface area contributed by atoms with Crippen LogP contribution in [0.5, 0.6) is 11.5 Å². The van der Waals surface area contributed by atoms with Crippen molar-refractivity contribution < 1.29 is 14.6 Å². The second-order valence-corrected chi connectivity index (χ2v) is 4.33. The van der Waals surface area contributed by atoms with Gasteiger partial charge < -0.3 is 19.1 Å². The van der Waals surface area contributed by atoms with E-state index >= 15 is 0 Å². The van der Waals surface area contributed by atoms with Gasteiger partial charge in [0.25, 0.3) is 0 Å². The standard InChI is InChI=1S/C14H18N2O3/c1-10(17)11-4-5-12(13(8-11)18-3)19-9-14-15-6-7-16(14)2/h4-8,10,17H,9H2,1-3H3/t10-/m1/s1. The molecule has 0 radical (unpaired) electrons. The van der Waals surface area contributed by atoms with Gasteiger partial charge in [-0.15, -0.1) is 0 Å². The van der Waals surface area contributed by atoms with Crippen molar-refractivity contribution in [1.82, 2.24) is 9.55 Å². The molecule has 19 heavy (non-hydrogen) atoms. The van der Waals surface area contributed by atoms with Crippen LogP contribution in [0.3, 0.4) is 0 Å². The molecule has 0 saturated carbocycles. The first kappa shape index (κ1) is 13.4. The highest BCUT2D eigenvalue weighted by Gasteiger charge is 2.09. The van der Waals surface area contributed by atoms with Gasteiger partial charge in [-0.2, -0.15) is 0 Å². The van der Waals surface area contributed by atoms with Crippen LogP contribution in [0.15, 0.2) is 30.6 Å². The Morgan fingerprint density at radius 3 is 2.74 bits per heavy atom. The lowest BCUT2D eigenvalue weighted by Gasteiger charge is -2.13. The molecular formula is C14H18N2O3. The van der Waals surface area contributed by atoms with Gasteiger partial charge in [-0.05, 0) is 24.6 Å². The van der Waals surface area contributed by atoms with Crippen molar-refractivity contribution in [2.45, 2.75) is 19.6 Å². The summed E-state index contributed by atoms with van der Waals surface area (Å²) in [6, 6.07) is 5.39. The maximum absolute atomic E-state index is 9.54. The van der Waals surface area contributed by atoms with Gasteiger partial charge in [0.1, 0.15) is 12.4 Å². The van der Waals surface area contributed by atoms with Gasteiger partial charge in [-0.25, -0.2) is 4.98 Å². The monoisotopic (exact) mass is 262 g/mol. The molecule has 2 aromatic rings. The number of benzene rings is 1. The van der Waals surface area contributed by atoms with Crippen molar-refractivity contribution in [3.63, 3.8) is 0 Å². The van der Waals surface area contributed by atoms with E-state index in [0.717, 1.165) is 11.4 Å². The fourth-order valence-corrected chi connectivity index (χ4v) is 1.74. The third-order valence-electron chi connectivity index (χ3n) is 2.95. The Hall–Kier alpha value is -2.01.